The molecule has 0 unspecified atom stereocenters. The summed E-state index contributed by atoms with van der Waals surface area (Å²) in [5.41, 5.74) is -0.530. The molecular weight excluding hydrogens is 386 g/mol. The Kier molecular flexibility index (Phi) is 5.50. The normalized spacial score (nSPS) is 19.3. The molecule has 2 aromatic rings. The number of nitrogens with zero attached hydrogens (tertiary/aromatic N) is 2. The maximum atomic E-state index is 12.7. The average Bonchev–Trinajstić information content (AvgIpc) is 3.02. The van der Waals surface area contributed by atoms with Gasteiger partial charge < -0.3 is 9.64 Å². The molecule has 1 aliphatic heterocycles. The minimum absolute atomic E-state index is 0.0445. The second-order valence-electron chi connectivity index (χ2n) is 6.68. The van der Waals surface area contributed by atoms with Crippen LogP contribution in [0, 0.1) is 0 Å². The van der Waals surface area contributed by atoms with Gasteiger partial charge in [0.05, 0.1) is 16.9 Å². The summed E-state index contributed by atoms with van der Waals surface area (Å²) in [4.78, 5) is 38.5. The number of ether oxygens (including phenoxy) is 1. The molecule has 2 heterocycles. The molecule has 0 spiro atoms. The van der Waals surface area contributed by atoms with E-state index in [2.05, 4.69) is 10.2 Å². The molecule has 1 aromatic carbocycles. The van der Waals surface area contributed by atoms with Gasteiger partial charge in [0.25, 0.3) is 11.5 Å². The summed E-state index contributed by atoms with van der Waals surface area (Å²) in [6, 6.07) is 6.03. The molecule has 2 atom stereocenters. The molecule has 0 saturated carbocycles. The SMILES string of the molecule is CCN(C(=O)[C@@H](C)OC(=O)c1n[nH]c(=O)c2ccccc12)[C@H]1CCS(=O)(=O)C1. The number of carbonyl (C=O) groups is 2. The van der Waals surface area contributed by atoms with Crippen LogP contribution in [0.2, 0.25) is 0 Å². The smallest absolute Gasteiger partial charge is 0.360 e. The van der Waals surface area contributed by atoms with Gasteiger partial charge in [-0.1, -0.05) is 18.2 Å². The predicted octanol–water partition coefficient (Wildman–Crippen LogP) is 0.504. The number of carbonyl (C=O) groups excluding carboxylic acids is 2. The fraction of sp³-hybridized carbons (Fsp3) is 0.444. The van der Waals surface area contributed by atoms with Crippen LogP contribution in [-0.2, 0) is 19.4 Å². The summed E-state index contributed by atoms with van der Waals surface area (Å²) < 4.78 is 28.7. The van der Waals surface area contributed by atoms with Gasteiger partial charge in [-0.25, -0.2) is 18.3 Å². The van der Waals surface area contributed by atoms with E-state index in [1.807, 2.05) is 0 Å². The highest BCUT2D eigenvalue weighted by Gasteiger charge is 2.36. The zero-order valence-corrected chi connectivity index (χ0v) is 16.4. The highest BCUT2D eigenvalue weighted by Crippen LogP contribution is 2.20. The van der Waals surface area contributed by atoms with E-state index in [9.17, 15) is 22.8 Å². The van der Waals surface area contributed by atoms with Crippen molar-refractivity contribution in [2.75, 3.05) is 18.1 Å². The van der Waals surface area contributed by atoms with E-state index in [1.165, 1.54) is 11.8 Å². The summed E-state index contributed by atoms with van der Waals surface area (Å²) in [6.45, 7) is 3.48. The number of likely N-dealkylation sites (N-methyl/N-ethyl adjacent to an activating group) is 1. The van der Waals surface area contributed by atoms with Crippen LogP contribution in [0.3, 0.4) is 0 Å². The number of benzene rings is 1. The molecule has 1 amide bonds. The Labute approximate surface area is 161 Å². The van der Waals surface area contributed by atoms with Gasteiger partial charge in [-0.05, 0) is 26.3 Å². The van der Waals surface area contributed by atoms with Gasteiger partial charge in [0, 0.05) is 18.0 Å². The first kappa shape index (κ1) is 20.0. The summed E-state index contributed by atoms with van der Waals surface area (Å²) >= 11 is 0. The van der Waals surface area contributed by atoms with Gasteiger partial charge in [-0.3, -0.25) is 9.59 Å². The van der Waals surface area contributed by atoms with E-state index < -0.39 is 39.4 Å². The monoisotopic (exact) mass is 407 g/mol. The number of aromatic nitrogens is 2. The van der Waals surface area contributed by atoms with E-state index in [4.69, 9.17) is 4.74 Å². The number of esters is 1. The van der Waals surface area contributed by atoms with Crippen molar-refractivity contribution in [2.24, 2.45) is 0 Å². The summed E-state index contributed by atoms with van der Waals surface area (Å²) in [6.07, 6.45) is -0.752. The lowest BCUT2D eigenvalue weighted by atomic mass is 10.1. The Morgan fingerprint density at radius 2 is 2.00 bits per heavy atom. The van der Waals surface area contributed by atoms with Gasteiger partial charge >= 0.3 is 5.97 Å². The van der Waals surface area contributed by atoms with E-state index in [1.54, 1.807) is 31.2 Å². The predicted molar refractivity (Wildman–Crippen MR) is 102 cm³/mol. The summed E-state index contributed by atoms with van der Waals surface area (Å²) in [5.74, 6) is -1.35. The zero-order valence-electron chi connectivity index (χ0n) is 15.5. The number of sulfone groups is 1. The maximum Gasteiger partial charge on any atom is 0.360 e. The highest BCUT2D eigenvalue weighted by atomic mass is 32.2. The topological polar surface area (TPSA) is 126 Å². The largest absolute Gasteiger partial charge is 0.448 e. The Balaban J connectivity index is 1.78. The first-order chi connectivity index (χ1) is 13.2. The lowest BCUT2D eigenvalue weighted by Gasteiger charge is -2.29. The van der Waals surface area contributed by atoms with Crippen LogP contribution in [0.1, 0.15) is 30.8 Å². The van der Waals surface area contributed by atoms with Crippen molar-refractivity contribution >= 4 is 32.5 Å². The van der Waals surface area contributed by atoms with Gasteiger partial charge in [0.2, 0.25) is 0 Å². The fourth-order valence-electron chi connectivity index (χ4n) is 3.39. The first-order valence-electron chi connectivity index (χ1n) is 8.93. The number of rotatable bonds is 5. The van der Waals surface area contributed by atoms with Crippen LogP contribution < -0.4 is 5.56 Å². The minimum atomic E-state index is -3.15. The molecule has 10 heteroatoms. The van der Waals surface area contributed by atoms with Crippen molar-refractivity contribution < 1.29 is 22.7 Å². The zero-order chi connectivity index (χ0) is 20.5. The van der Waals surface area contributed by atoms with E-state index in [-0.39, 0.29) is 22.6 Å². The average molecular weight is 407 g/mol. The highest BCUT2D eigenvalue weighted by molar-refractivity contribution is 7.91. The Hall–Kier alpha value is -2.75. The third-order valence-electron chi connectivity index (χ3n) is 4.79. The van der Waals surface area contributed by atoms with E-state index in [0.717, 1.165) is 0 Å². The number of fused-ring (bicyclic) bond motifs is 1. The minimum Gasteiger partial charge on any atom is -0.448 e. The number of H-pyrrole nitrogens is 1. The van der Waals surface area contributed by atoms with Crippen molar-refractivity contribution in [3.05, 3.63) is 40.3 Å². The van der Waals surface area contributed by atoms with Crippen molar-refractivity contribution in [1.82, 2.24) is 15.1 Å². The number of aromatic amines is 1. The lowest BCUT2D eigenvalue weighted by molar-refractivity contribution is -0.141. The molecule has 9 nitrogen and oxygen atoms in total. The molecule has 1 saturated heterocycles. The van der Waals surface area contributed by atoms with Gasteiger partial charge in [0.1, 0.15) is 0 Å². The molecule has 3 rings (SSSR count). The van der Waals surface area contributed by atoms with Crippen LogP contribution in [0.5, 0.6) is 0 Å². The van der Waals surface area contributed by atoms with Crippen molar-refractivity contribution in [1.29, 1.82) is 0 Å². The van der Waals surface area contributed by atoms with Gasteiger partial charge in [-0.2, -0.15) is 5.10 Å². The number of amides is 1. The first-order valence-corrected chi connectivity index (χ1v) is 10.7. The van der Waals surface area contributed by atoms with Crippen LogP contribution >= 0.6 is 0 Å². The van der Waals surface area contributed by atoms with Crippen LogP contribution in [0.25, 0.3) is 10.8 Å². The molecule has 1 aromatic heterocycles. The van der Waals surface area contributed by atoms with Crippen molar-refractivity contribution in [3.63, 3.8) is 0 Å². The molecule has 0 aliphatic carbocycles. The molecule has 1 fully saturated rings. The number of hydrogen-bond acceptors (Lipinski definition) is 7. The molecule has 0 radical (unpaired) electrons. The maximum absolute atomic E-state index is 12.7. The molecular formula is C18H21N3O6S. The van der Waals surface area contributed by atoms with Crippen molar-refractivity contribution in [3.8, 4) is 0 Å². The Morgan fingerprint density at radius 3 is 2.61 bits per heavy atom. The molecule has 1 aliphatic rings. The van der Waals surface area contributed by atoms with Crippen LogP contribution in [-0.4, -0.2) is 65.6 Å². The second kappa shape index (κ2) is 7.70. The second-order valence-corrected chi connectivity index (χ2v) is 8.90. The summed E-state index contributed by atoms with van der Waals surface area (Å²) in [5, 5.41) is 6.62. The third-order valence-corrected chi connectivity index (χ3v) is 6.54. The molecule has 150 valence electrons. The molecule has 28 heavy (non-hydrogen) atoms. The molecule has 1 N–H and O–H groups in total. The van der Waals surface area contributed by atoms with E-state index >= 15 is 0 Å². The quantitative estimate of drug-likeness (QED) is 0.715. The van der Waals surface area contributed by atoms with Crippen LogP contribution in [0.4, 0.5) is 0 Å². The Morgan fingerprint density at radius 1 is 1.32 bits per heavy atom. The van der Waals surface area contributed by atoms with E-state index in [0.29, 0.717) is 18.4 Å². The van der Waals surface area contributed by atoms with Crippen LogP contribution in [0.15, 0.2) is 29.1 Å². The fourth-order valence-corrected chi connectivity index (χ4v) is 5.12. The Bertz CT molecular complexity index is 1080. The van der Waals surface area contributed by atoms with Gasteiger partial charge in [-0.15, -0.1) is 0 Å². The summed E-state index contributed by atoms with van der Waals surface area (Å²) in [7, 11) is -3.15. The van der Waals surface area contributed by atoms with Crippen molar-refractivity contribution in [2.45, 2.75) is 32.4 Å². The molecule has 0 bridgehead atoms. The third kappa shape index (κ3) is 3.91. The lowest BCUT2D eigenvalue weighted by Crippen LogP contribution is -2.46. The number of hydrogen-bond donors (Lipinski definition) is 1. The number of nitrogens with one attached hydrogen (secondary N) is 1. The van der Waals surface area contributed by atoms with Gasteiger partial charge in [0.15, 0.2) is 21.6 Å². The standard InChI is InChI=1S/C18H21N3O6S/c1-3-21(12-8-9-28(25,26)10-12)17(23)11(2)27-18(24)15-13-6-4-5-7-14(13)16(22)20-19-15/h4-7,11-12H,3,8-10H2,1-2H3,(H,20,22)/t11-,12+/m1/s1.